The monoisotopic (exact) mass is 373 g/mol. The van der Waals surface area contributed by atoms with Gasteiger partial charge in [0.25, 0.3) is 0 Å². The number of nitrogens with zero attached hydrogens (tertiary/aromatic N) is 1. The van der Waals surface area contributed by atoms with Crippen molar-refractivity contribution in [3.63, 3.8) is 0 Å². The van der Waals surface area contributed by atoms with Gasteiger partial charge in [-0.05, 0) is 49.1 Å². The number of sulfonamides is 1. The Labute approximate surface area is 154 Å². The smallest absolute Gasteiger partial charge is 0.215 e. The summed E-state index contributed by atoms with van der Waals surface area (Å²) in [4.78, 5) is 12.8. The lowest BCUT2D eigenvalue weighted by Gasteiger charge is -2.23. The van der Waals surface area contributed by atoms with E-state index in [4.69, 9.17) is 4.74 Å². The Morgan fingerprint density at radius 1 is 1.12 bits per heavy atom. The predicted molar refractivity (Wildman–Crippen MR) is 101 cm³/mol. The van der Waals surface area contributed by atoms with Gasteiger partial charge < -0.3 is 4.74 Å². The van der Waals surface area contributed by atoms with Crippen molar-refractivity contribution in [2.24, 2.45) is 0 Å². The summed E-state index contributed by atoms with van der Waals surface area (Å²) in [5.41, 5.74) is 1.49. The van der Waals surface area contributed by atoms with Crippen molar-refractivity contribution in [2.45, 2.75) is 25.3 Å². The molecule has 0 saturated carbocycles. The summed E-state index contributed by atoms with van der Waals surface area (Å²) >= 11 is 0. The molecule has 2 aromatic rings. The van der Waals surface area contributed by atoms with Gasteiger partial charge in [-0.25, -0.2) is 8.42 Å². The van der Waals surface area contributed by atoms with E-state index in [2.05, 4.69) is 0 Å². The fourth-order valence-corrected chi connectivity index (χ4v) is 5.02. The predicted octanol–water partition coefficient (Wildman–Crippen LogP) is 2.91. The summed E-state index contributed by atoms with van der Waals surface area (Å²) in [7, 11) is -1.92. The van der Waals surface area contributed by atoms with E-state index >= 15 is 0 Å². The van der Waals surface area contributed by atoms with Crippen molar-refractivity contribution in [3.8, 4) is 5.75 Å². The summed E-state index contributed by atoms with van der Waals surface area (Å²) in [5.74, 6) is 0.539. The van der Waals surface area contributed by atoms with Gasteiger partial charge in [-0.2, -0.15) is 4.31 Å². The van der Waals surface area contributed by atoms with E-state index in [1.54, 1.807) is 31.4 Å². The molecular weight excluding hydrogens is 350 g/mol. The van der Waals surface area contributed by atoms with E-state index in [-0.39, 0.29) is 11.5 Å². The Balaban J connectivity index is 1.72. The number of carbonyl (C=O) groups excluding carboxylic acids is 1. The Morgan fingerprint density at radius 2 is 1.81 bits per heavy atom. The molecule has 2 aromatic carbocycles. The summed E-state index contributed by atoms with van der Waals surface area (Å²) in [6.07, 6.45) is 1.72. The van der Waals surface area contributed by atoms with Gasteiger partial charge in [0, 0.05) is 12.1 Å². The molecule has 0 amide bonds. The standard InChI is InChI=1S/C20H23NO4S/c1-25-18-11-9-17(10-12-18)20(22)19-8-5-14-21(19)26(23,24)15-13-16-6-3-2-4-7-16/h2-4,6-7,9-12,19H,5,8,13-15H2,1H3. The molecule has 1 aliphatic rings. The number of ketones is 1. The van der Waals surface area contributed by atoms with Crippen LogP contribution in [-0.2, 0) is 16.4 Å². The number of methoxy groups -OCH3 is 1. The van der Waals surface area contributed by atoms with Crippen LogP contribution < -0.4 is 4.74 Å². The zero-order valence-electron chi connectivity index (χ0n) is 14.8. The first-order chi connectivity index (χ1) is 12.5. The van der Waals surface area contributed by atoms with Gasteiger partial charge in [0.15, 0.2) is 5.78 Å². The summed E-state index contributed by atoms with van der Waals surface area (Å²) in [6, 6.07) is 15.7. The van der Waals surface area contributed by atoms with Crippen molar-refractivity contribution in [3.05, 3.63) is 65.7 Å². The molecule has 1 saturated heterocycles. The van der Waals surface area contributed by atoms with E-state index in [0.29, 0.717) is 37.1 Å². The maximum Gasteiger partial charge on any atom is 0.215 e. The molecule has 1 atom stereocenters. The molecule has 1 aliphatic heterocycles. The largest absolute Gasteiger partial charge is 0.497 e. The first-order valence-corrected chi connectivity index (χ1v) is 10.3. The SMILES string of the molecule is COc1ccc(C(=O)C2CCCN2S(=O)(=O)CCc2ccccc2)cc1. The number of hydrogen-bond acceptors (Lipinski definition) is 4. The second-order valence-electron chi connectivity index (χ2n) is 6.41. The summed E-state index contributed by atoms with van der Waals surface area (Å²) in [6.45, 7) is 0.406. The van der Waals surface area contributed by atoms with E-state index in [1.807, 2.05) is 30.3 Å². The molecule has 1 unspecified atom stereocenters. The highest BCUT2D eigenvalue weighted by molar-refractivity contribution is 7.89. The molecule has 0 N–H and O–H groups in total. The molecule has 1 fully saturated rings. The minimum Gasteiger partial charge on any atom is -0.497 e. The van der Waals surface area contributed by atoms with Gasteiger partial charge in [0.2, 0.25) is 10.0 Å². The number of rotatable bonds is 7. The number of Topliss-reactive ketones (excluding diaryl/α,β-unsaturated/α-hetero) is 1. The van der Waals surface area contributed by atoms with Crippen molar-refractivity contribution in [2.75, 3.05) is 19.4 Å². The molecule has 26 heavy (non-hydrogen) atoms. The van der Waals surface area contributed by atoms with Crippen LogP contribution in [0.1, 0.15) is 28.8 Å². The van der Waals surface area contributed by atoms with Crippen LogP contribution >= 0.6 is 0 Å². The van der Waals surface area contributed by atoms with Crippen molar-refractivity contribution in [1.82, 2.24) is 4.31 Å². The van der Waals surface area contributed by atoms with Gasteiger partial charge in [-0.3, -0.25) is 4.79 Å². The maximum absolute atomic E-state index is 12.8. The quantitative estimate of drug-likeness (QED) is 0.700. The molecule has 5 nitrogen and oxygen atoms in total. The van der Waals surface area contributed by atoms with E-state index in [9.17, 15) is 13.2 Å². The number of ether oxygens (including phenoxy) is 1. The van der Waals surface area contributed by atoms with Gasteiger partial charge >= 0.3 is 0 Å². The minimum atomic E-state index is -3.49. The third kappa shape index (κ3) is 4.14. The van der Waals surface area contributed by atoms with Crippen LogP contribution in [0.4, 0.5) is 0 Å². The van der Waals surface area contributed by atoms with E-state index < -0.39 is 16.1 Å². The van der Waals surface area contributed by atoms with Crippen molar-refractivity contribution >= 4 is 15.8 Å². The number of aryl methyl sites for hydroxylation is 1. The fourth-order valence-electron chi connectivity index (χ4n) is 3.29. The molecule has 138 valence electrons. The zero-order chi connectivity index (χ0) is 18.6. The Bertz CT molecular complexity index is 847. The van der Waals surface area contributed by atoms with Gasteiger partial charge in [-0.1, -0.05) is 30.3 Å². The Morgan fingerprint density at radius 3 is 2.46 bits per heavy atom. The topological polar surface area (TPSA) is 63.7 Å². The Kier molecular flexibility index (Phi) is 5.74. The molecule has 3 rings (SSSR count). The van der Waals surface area contributed by atoms with Gasteiger partial charge in [0.05, 0.1) is 18.9 Å². The molecule has 0 aromatic heterocycles. The molecular formula is C20H23NO4S. The molecule has 0 aliphatic carbocycles. The number of benzene rings is 2. The lowest BCUT2D eigenvalue weighted by atomic mass is 10.0. The zero-order valence-corrected chi connectivity index (χ0v) is 15.6. The molecule has 6 heteroatoms. The van der Waals surface area contributed by atoms with E-state index in [1.165, 1.54) is 4.31 Å². The van der Waals surface area contributed by atoms with E-state index in [0.717, 1.165) is 5.56 Å². The van der Waals surface area contributed by atoms with Crippen LogP contribution in [0.2, 0.25) is 0 Å². The lowest BCUT2D eigenvalue weighted by molar-refractivity contribution is 0.0918. The minimum absolute atomic E-state index is 0.0173. The molecule has 0 spiro atoms. The second-order valence-corrected chi connectivity index (χ2v) is 8.45. The summed E-state index contributed by atoms with van der Waals surface area (Å²) < 4.78 is 32.1. The normalized spacial score (nSPS) is 18.0. The summed E-state index contributed by atoms with van der Waals surface area (Å²) in [5, 5.41) is 0. The first kappa shape index (κ1) is 18.6. The van der Waals surface area contributed by atoms with Crippen LogP contribution in [0.15, 0.2) is 54.6 Å². The number of carbonyl (C=O) groups is 1. The van der Waals surface area contributed by atoms with Crippen LogP contribution in [0.5, 0.6) is 5.75 Å². The second kappa shape index (κ2) is 8.01. The fraction of sp³-hybridized carbons (Fsp3) is 0.350. The van der Waals surface area contributed by atoms with Crippen LogP contribution in [0.3, 0.4) is 0 Å². The lowest BCUT2D eigenvalue weighted by Crippen LogP contribution is -2.42. The Hall–Kier alpha value is -2.18. The highest BCUT2D eigenvalue weighted by Gasteiger charge is 2.38. The average molecular weight is 373 g/mol. The number of hydrogen-bond donors (Lipinski definition) is 0. The van der Waals surface area contributed by atoms with Crippen LogP contribution in [0.25, 0.3) is 0 Å². The molecule has 1 heterocycles. The average Bonchev–Trinajstić information content (AvgIpc) is 3.18. The van der Waals surface area contributed by atoms with Crippen LogP contribution in [0, 0.1) is 0 Å². The third-order valence-electron chi connectivity index (χ3n) is 4.73. The van der Waals surface area contributed by atoms with Crippen molar-refractivity contribution in [1.29, 1.82) is 0 Å². The third-order valence-corrected chi connectivity index (χ3v) is 6.60. The van der Waals surface area contributed by atoms with Crippen molar-refractivity contribution < 1.29 is 17.9 Å². The van der Waals surface area contributed by atoms with Crippen LogP contribution in [-0.4, -0.2) is 44.0 Å². The highest BCUT2D eigenvalue weighted by Crippen LogP contribution is 2.26. The first-order valence-electron chi connectivity index (χ1n) is 8.73. The van der Waals surface area contributed by atoms with Gasteiger partial charge in [-0.15, -0.1) is 0 Å². The highest BCUT2D eigenvalue weighted by atomic mass is 32.2. The molecule has 0 bridgehead atoms. The van der Waals surface area contributed by atoms with Gasteiger partial charge in [0.1, 0.15) is 5.75 Å². The maximum atomic E-state index is 12.8. The molecule has 0 radical (unpaired) electrons.